The van der Waals surface area contributed by atoms with E-state index in [1.165, 1.54) is 17.8 Å². The number of aliphatic hydroxyl groups excluding tert-OH is 1. The molecule has 6 nitrogen and oxygen atoms in total. The number of methoxy groups -OCH3 is 1. The van der Waals surface area contributed by atoms with Crippen LogP contribution in [-0.2, 0) is 4.79 Å². The number of aliphatic hydroxyl groups is 1. The van der Waals surface area contributed by atoms with Crippen molar-refractivity contribution in [2.45, 2.75) is 36.7 Å². The van der Waals surface area contributed by atoms with Crippen LogP contribution >= 0.6 is 11.8 Å². The van der Waals surface area contributed by atoms with Gasteiger partial charge in [-0.25, -0.2) is 8.78 Å². The van der Waals surface area contributed by atoms with Gasteiger partial charge in [-0.05, 0) is 85.7 Å². The number of piperidine rings is 1. The minimum absolute atomic E-state index is 0.0383. The molecule has 37 heavy (non-hydrogen) atoms. The quantitative estimate of drug-likeness (QED) is 0.315. The van der Waals surface area contributed by atoms with E-state index in [2.05, 4.69) is 9.88 Å². The lowest BCUT2D eigenvalue weighted by molar-refractivity contribution is -0.139. The SMILES string of the molecule is COc1ccc2nccc([C@@H](O)CC[C@@H]3CCN(CCSc4cc(F)ccc4F)C[C@@H]3CC(=O)O)c2c1. The number of benzene rings is 2. The van der Waals surface area contributed by atoms with Gasteiger partial charge in [-0.15, -0.1) is 11.8 Å². The van der Waals surface area contributed by atoms with Crippen LogP contribution in [0.2, 0.25) is 0 Å². The smallest absolute Gasteiger partial charge is 0.303 e. The van der Waals surface area contributed by atoms with E-state index in [0.29, 0.717) is 37.4 Å². The lowest BCUT2D eigenvalue weighted by atomic mass is 9.79. The topological polar surface area (TPSA) is 82.9 Å². The maximum atomic E-state index is 13.9. The number of ether oxygens (including phenoxy) is 1. The average Bonchev–Trinajstić information content (AvgIpc) is 2.89. The Morgan fingerprint density at radius 1 is 1.22 bits per heavy atom. The van der Waals surface area contributed by atoms with Crippen molar-refractivity contribution in [1.82, 2.24) is 9.88 Å². The second-order valence-corrected chi connectivity index (χ2v) is 10.6. The minimum Gasteiger partial charge on any atom is -0.497 e. The predicted molar refractivity (Wildman–Crippen MR) is 140 cm³/mol. The second kappa shape index (κ2) is 12.7. The van der Waals surface area contributed by atoms with Crippen LogP contribution in [0, 0.1) is 23.5 Å². The van der Waals surface area contributed by atoms with E-state index in [0.717, 1.165) is 41.6 Å². The summed E-state index contributed by atoms with van der Waals surface area (Å²) in [5.41, 5.74) is 1.57. The first-order valence-corrected chi connectivity index (χ1v) is 13.5. The molecule has 0 aliphatic carbocycles. The summed E-state index contributed by atoms with van der Waals surface area (Å²) in [6, 6.07) is 10.8. The summed E-state index contributed by atoms with van der Waals surface area (Å²) < 4.78 is 32.6. The van der Waals surface area contributed by atoms with Gasteiger partial charge in [0.25, 0.3) is 0 Å². The van der Waals surface area contributed by atoms with Gasteiger partial charge in [0.2, 0.25) is 0 Å². The Hall–Kier alpha value is -2.75. The molecule has 0 radical (unpaired) electrons. The summed E-state index contributed by atoms with van der Waals surface area (Å²) in [6.45, 7) is 2.10. The normalized spacial score (nSPS) is 19.1. The highest BCUT2D eigenvalue weighted by atomic mass is 32.2. The first kappa shape index (κ1) is 27.3. The molecule has 2 aromatic carbocycles. The number of rotatable bonds is 11. The van der Waals surface area contributed by atoms with Gasteiger partial charge in [0, 0.05) is 41.7 Å². The van der Waals surface area contributed by atoms with Crippen LogP contribution in [0.25, 0.3) is 10.9 Å². The number of hydrogen-bond acceptors (Lipinski definition) is 6. The molecule has 1 aromatic heterocycles. The van der Waals surface area contributed by atoms with E-state index in [-0.39, 0.29) is 23.2 Å². The van der Waals surface area contributed by atoms with E-state index in [4.69, 9.17) is 4.74 Å². The van der Waals surface area contributed by atoms with Crippen molar-refractivity contribution in [1.29, 1.82) is 0 Å². The number of aromatic nitrogens is 1. The number of fused-ring (bicyclic) bond motifs is 1. The molecule has 1 fully saturated rings. The predicted octanol–water partition coefficient (Wildman–Crippen LogP) is 5.54. The minimum atomic E-state index is -0.833. The van der Waals surface area contributed by atoms with Crippen molar-refractivity contribution in [3.05, 3.63) is 65.9 Å². The van der Waals surface area contributed by atoms with Crippen molar-refractivity contribution >= 4 is 28.6 Å². The molecule has 2 N–H and O–H groups in total. The van der Waals surface area contributed by atoms with Gasteiger partial charge >= 0.3 is 5.97 Å². The number of carboxylic acid groups (broad SMARTS) is 1. The lowest BCUT2D eigenvalue weighted by Crippen LogP contribution is -2.42. The Balaban J connectivity index is 1.35. The first-order chi connectivity index (χ1) is 17.8. The molecule has 1 saturated heterocycles. The van der Waals surface area contributed by atoms with Crippen LogP contribution in [0.4, 0.5) is 8.78 Å². The third-order valence-corrected chi connectivity index (χ3v) is 8.13. The zero-order chi connectivity index (χ0) is 26.4. The Labute approximate surface area is 219 Å². The van der Waals surface area contributed by atoms with Gasteiger partial charge in [-0.2, -0.15) is 0 Å². The van der Waals surface area contributed by atoms with E-state index in [1.807, 2.05) is 24.3 Å². The number of carbonyl (C=O) groups is 1. The van der Waals surface area contributed by atoms with E-state index < -0.39 is 23.7 Å². The molecule has 3 atom stereocenters. The Morgan fingerprint density at radius 3 is 2.84 bits per heavy atom. The summed E-state index contributed by atoms with van der Waals surface area (Å²) in [4.78, 5) is 18.4. The second-order valence-electron chi connectivity index (χ2n) is 9.51. The largest absolute Gasteiger partial charge is 0.497 e. The van der Waals surface area contributed by atoms with Gasteiger partial charge in [-0.3, -0.25) is 9.78 Å². The number of nitrogens with zero attached hydrogens (tertiary/aromatic N) is 2. The molecule has 4 rings (SSSR count). The highest BCUT2D eigenvalue weighted by Crippen LogP contribution is 2.35. The summed E-state index contributed by atoms with van der Waals surface area (Å²) in [6.07, 6.45) is 3.12. The highest BCUT2D eigenvalue weighted by Gasteiger charge is 2.31. The molecule has 1 aliphatic heterocycles. The molecular weight excluding hydrogens is 498 g/mol. The fourth-order valence-electron chi connectivity index (χ4n) is 5.16. The van der Waals surface area contributed by atoms with Crippen molar-refractivity contribution in [2.24, 2.45) is 11.8 Å². The third kappa shape index (κ3) is 7.18. The van der Waals surface area contributed by atoms with Crippen LogP contribution in [0.5, 0.6) is 5.75 Å². The monoisotopic (exact) mass is 530 g/mol. The maximum Gasteiger partial charge on any atom is 0.303 e. The number of pyridine rings is 1. The zero-order valence-corrected chi connectivity index (χ0v) is 21.6. The molecule has 0 amide bonds. The number of likely N-dealkylation sites (tertiary alicyclic amines) is 1. The summed E-state index contributed by atoms with van der Waals surface area (Å²) in [5.74, 6) is -0.314. The molecule has 0 spiro atoms. The average molecular weight is 531 g/mol. The Morgan fingerprint density at radius 2 is 2.05 bits per heavy atom. The van der Waals surface area contributed by atoms with Crippen molar-refractivity contribution in [3.63, 3.8) is 0 Å². The number of halogens is 2. The van der Waals surface area contributed by atoms with E-state index >= 15 is 0 Å². The number of aliphatic carboxylic acids is 1. The molecule has 9 heteroatoms. The van der Waals surface area contributed by atoms with Gasteiger partial charge in [0.05, 0.1) is 18.7 Å². The van der Waals surface area contributed by atoms with Gasteiger partial charge in [-0.1, -0.05) is 0 Å². The molecule has 1 aliphatic rings. The van der Waals surface area contributed by atoms with Crippen LogP contribution in [-0.4, -0.2) is 58.6 Å². The molecule has 0 bridgehead atoms. The molecule has 0 saturated carbocycles. The number of hydrogen-bond donors (Lipinski definition) is 2. The van der Waals surface area contributed by atoms with Crippen LogP contribution in [0.1, 0.15) is 37.4 Å². The van der Waals surface area contributed by atoms with Crippen LogP contribution in [0.15, 0.2) is 53.6 Å². The number of carboxylic acids is 1. The van der Waals surface area contributed by atoms with Crippen molar-refractivity contribution < 1.29 is 28.5 Å². The fraction of sp³-hybridized carbons (Fsp3) is 0.429. The van der Waals surface area contributed by atoms with Gasteiger partial charge < -0.3 is 19.8 Å². The molecule has 0 unspecified atom stereocenters. The lowest BCUT2D eigenvalue weighted by Gasteiger charge is -2.38. The highest BCUT2D eigenvalue weighted by molar-refractivity contribution is 7.99. The fourth-order valence-corrected chi connectivity index (χ4v) is 6.13. The zero-order valence-electron chi connectivity index (χ0n) is 20.8. The maximum absolute atomic E-state index is 13.9. The molecule has 198 valence electrons. The van der Waals surface area contributed by atoms with Crippen LogP contribution in [0.3, 0.4) is 0 Å². The van der Waals surface area contributed by atoms with Gasteiger partial charge in [0.15, 0.2) is 0 Å². The summed E-state index contributed by atoms with van der Waals surface area (Å²) >= 11 is 1.27. The van der Waals surface area contributed by atoms with Crippen LogP contribution < -0.4 is 4.74 Å². The standard InChI is InChI=1S/C28H32F2N2O4S/c1-36-21-4-6-25-23(16-21)22(8-10-31-25)26(33)7-2-18-9-11-32(17-19(18)14-28(34)35)12-13-37-27-15-20(29)3-5-24(27)30/h3-6,8,10,15-16,18-19,26,33H,2,7,9,11-14,17H2,1H3,(H,34,35)/t18-,19+,26+/m1/s1. The summed E-state index contributed by atoms with van der Waals surface area (Å²) in [5, 5.41) is 21.4. The Bertz CT molecular complexity index is 1230. The van der Waals surface area contributed by atoms with Crippen molar-refractivity contribution in [2.75, 3.05) is 32.5 Å². The summed E-state index contributed by atoms with van der Waals surface area (Å²) in [7, 11) is 1.60. The van der Waals surface area contributed by atoms with E-state index in [9.17, 15) is 23.8 Å². The first-order valence-electron chi connectivity index (χ1n) is 12.5. The van der Waals surface area contributed by atoms with Crippen molar-refractivity contribution in [3.8, 4) is 5.75 Å². The Kier molecular flexibility index (Phi) is 9.34. The molecule has 3 aromatic rings. The van der Waals surface area contributed by atoms with Gasteiger partial charge in [0.1, 0.15) is 17.4 Å². The van der Waals surface area contributed by atoms with E-state index in [1.54, 1.807) is 13.3 Å². The molecular formula is C28H32F2N2O4S. The third-order valence-electron chi connectivity index (χ3n) is 7.12. The number of thioether (sulfide) groups is 1. The molecule has 2 heterocycles.